The molecule has 0 saturated carbocycles. The van der Waals surface area contributed by atoms with Crippen molar-refractivity contribution in [1.29, 1.82) is 0 Å². The number of aromatic carboxylic acids is 1. The second kappa shape index (κ2) is 7.38. The second-order valence-corrected chi connectivity index (χ2v) is 7.05. The molecule has 2 aromatic heterocycles. The summed E-state index contributed by atoms with van der Waals surface area (Å²) in [5, 5.41) is 30.4. The quantitative estimate of drug-likeness (QED) is 0.478. The Labute approximate surface area is 176 Å². The first-order valence-electron chi connectivity index (χ1n) is 9.53. The first-order valence-corrected chi connectivity index (χ1v) is 9.53. The maximum atomic E-state index is 11.0. The van der Waals surface area contributed by atoms with Crippen LogP contribution in [0.25, 0.3) is 28.9 Å². The van der Waals surface area contributed by atoms with E-state index in [1.54, 1.807) is 30.5 Å². The maximum absolute atomic E-state index is 11.0. The van der Waals surface area contributed by atoms with E-state index in [2.05, 4.69) is 20.2 Å². The van der Waals surface area contributed by atoms with Crippen molar-refractivity contribution in [3.63, 3.8) is 0 Å². The minimum atomic E-state index is -0.951. The summed E-state index contributed by atoms with van der Waals surface area (Å²) in [4.78, 5) is 18.1. The molecular weight excluding hydrogens is 392 g/mol. The SMILES string of the molecule is O=C(O)c1ccc(/C=C/C2=c3ccc(=Cc4c(O)[nH]c5ncccc45)cc3N=N2)cc1. The summed E-state index contributed by atoms with van der Waals surface area (Å²) < 4.78 is 0. The predicted octanol–water partition coefficient (Wildman–Crippen LogP) is 3.71. The number of nitrogens with one attached hydrogen (secondary N) is 1. The van der Waals surface area contributed by atoms with Gasteiger partial charge >= 0.3 is 5.97 Å². The highest BCUT2D eigenvalue weighted by Crippen LogP contribution is 2.26. The lowest BCUT2D eigenvalue weighted by Crippen LogP contribution is -2.08. The molecular formula is C24H16N4O3. The van der Waals surface area contributed by atoms with Crippen LogP contribution in [0.5, 0.6) is 5.88 Å². The van der Waals surface area contributed by atoms with Crippen LogP contribution in [0.1, 0.15) is 21.5 Å². The fourth-order valence-corrected chi connectivity index (χ4v) is 3.48. The molecule has 31 heavy (non-hydrogen) atoms. The normalized spacial score (nSPS) is 13.4. The molecule has 0 fully saturated rings. The summed E-state index contributed by atoms with van der Waals surface area (Å²) in [7, 11) is 0. The zero-order valence-electron chi connectivity index (χ0n) is 16.1. The number of hydrogen-bond acceptors (Lipinski definition) is 5. The number of carboxylic acid groups (broad SMARTS) is 1. The number of aromatic nitrogens is 2. The molecule has 0 spiro atoms. The van der Waals surface area contributed by atoms with E-state index in [-0.39, 0.29) is 11.4 Å². The predicted molar refractivity (Wildman–Crippen MR) is 117 cm³/mol. The number of carbonyl (C=O) groups is 1. The summed E-state index contributed by atoms with van der Waals surface area (Å²) >= 11 is 0. The molecule has 0 amide bonds. The summed E-state index contributed by atoms with van der Waals surface area (Å²) in [5.74, 6) is -0.881. The molecule has 150 valence electrons. The van der Waals surface area contributed by atoms with Gasteiger partial charge in [-0.15, -0.1) is 10.2 Å². The zero-order valence-corrected chi connectivity index (χ0v) is 16.1. The van der Waals surface area contributed by atoms with Crippen LogP contribution in [0.4, 0.5) is 5.69 Å². The van der Waals surface area contributed by atoms with Crippen LogP contribution in [-0.2, 0) is 0 Å². The lowest BCUT2D eigenvalue weighted by Gasteiger charge is -1.96. The molecule has 0 radical (unpaired) electrons. The lowest BCUT2D eigenvalue weighted by molar-refractivity contribution is 0.0697. The van der Waals surface area contributed by atoms with Crippen molar-refractivity contribution in [2.75, 3.05) is 0 Å². The van der Waals surface area contributed by atoms with Crippen LogP contribution in [0.3, 0.4) is 0 Å². The molecule has 2 aromatic carbocycles. The third kappa shape index (κ3) is 3.49. The number of H-pyrrole nitrogens is 1. The average Bonchev–Trinajstić information content (AvgIpc) is 3.33. The highest BCUT2D eigenvalue weighted by Gasteiger charge is 2.10. The van der Waals surface area contributed by atoms with E-state index in [1.807, 2.05) is 48.6 Å². The molecule has 0 unspecified atom stereocenters. The summed E-state index contributed by atoms with van der Waals surface area (Å²) in [6, 6.07) is 16.1. The zero-order chi connectivity index (χ0) is 21.4. The van der Waals surface area contributed by atoms with Crippen molar-refractivity contribution in [3.8, 4) is 5.88 Å². The lowest BCUT2D eigenvalue weighted by atomic mass is 10.1. The van der Waals surface area contributed by atoms with Crippen LogP contribution in [-0.4, -0.2) is 26.2 Å². The van der Waals surface area contributed by atoms with Gasteiger partial charge in [0, 0.05) is 22.4 Å². The molecule has 0 bridgehead atoms. The number of aromatic amines is 1. The number of nitrogens with zero attached hydrogens (tertiary/aromatic N) is 3. The van der Waals surface area contributed by atoms with E-state index < -0.39 is 5.97 Å². The van der Waals surface area contributed by atoms with Gasteiger partial charge in [0.25, 0.3) is 0 Å². The molecule has 0 aliphatic carbocycles. The molecule has 3 N–H and O–H groups in total. The van der Waals surface area contributed by atoms with Crippen LogP contribution < -0.4 is 10.4 Å². The minimum absolute atomic E-state index is 0.0694. The first-order chi connectivity index (χ1) is 15.1. The Balaban J connectivity index is 1.49. The topological polar surface area (TPSA) is 111 Å². The van der Waals surface area contributed by atoms with Crippen LogP contribution in [0.2, 0.25) is 0 Å². The van der Waals surface area contributed by atoms with E-state index in [9.17, 15) is 9.90 Å². The Morgan fingerprint density at radius 3 is 2.65 bits per heavy atom. The number of azo groups is 1. The van der Waals surface area contributed by atoms with Gasteiger partial charge in [-0.2, -0.15) is 0 Å². The summed E-state index contributed by atoms with van der Waals surface area (Å²) in [6.45, 7) is 0. The van der Waals surface area contributed by atoms with Gasteiger partial charge < -0.3 is 15.2 Å². The van der Waals surface area contributed by atoms with Gasteiger partial charge in [0.05, 0.1) is 16.9 Å². The highest BCUT2D eigenvalue weighted by atomic mass is 16.4. The van der Waals surface area contributed by atoms with Gasteiger partial charge in [0.15, 0.2) is 5.88 Å². The van der Waals surface area contributed by atoms with Gasteiger partial charge in [-0.1, -0.05) is 24.3 Å². The standard InChI is InChI=1S/C24H16N4O3/c29-23-19(17-2-1-11-25-22(17)26-23)12-15-5-9-18-20(27-28-21(18)13-15)10-6-14-3-7-16(8-4-14)24(30)31/h1-13,29H,(H,25,26)(H,30,31)/b10-6+,15-12?. The highest BCUT2D eigenvalue weighted by molar-refractivity contribution is 5.89. The third-order valence-corrected chi connectivity index (χ3v) is 5.06. The number of pyridine rings is 1. The van der Waals surface area contributed by atoms with Gasteiger partial charge in [0.2, 0.25) is 0 Å². The van der Waals surface area contributed by atoms with E-state index >= 15 is 0 Å². The number of hydrogen-bond donors (Lipinski definition) is 3. The molecule has 4 aromatic rings. The fraction of sp³-hybridized carbons (Fsp3) is 0. The Morgan fingerprint density at radius 2 is 1.84 bits per heavy atom. The fourth-order valence-electron chi connectivity index (χ4n) is 3.48. The maximum Gasteiger partial charge on any atom is 0.335 e. The number of carboxylic acids is 1. The second-order valence-electron chi connectivity index (χ2n) is 7.05. The van der Waals surface area contributed by atoms with Crippen molar-refractivity contribution in [1.82, 2.24) is 9.97 Å². The first kappa shape index (κ1) is 18.5. The van der Waals surface area contributed by atoms with Crippen molar-refractivity contribution < 1.29 is 15.0 Å². The Kier molecular flexibility index (Phi) is 4.41. The van der Waals surface area contributed by atoms with E-state index in [1.165, 1.54) is 0 Å². The molecule has 1 aliphatic heterocycles. The van der Waals surface area contributed by atoms with Gasteiger partial charge in [0.1, 0.15) is 5.65 Å². The number of aromatic hydroxyl groups is 1. The largest absolute Gasteiger partial charge is 0.494 e. The van der Waals surface area contributed by atoms with E-state index in [4.69, 9.17) is 5.11 Å². The minimum Gasteiger partial charge on any atom is -0.494 e. The third-order valence-electron chi connectivity index (χ3n) is 5.06. The average molecular weight is 408 g/mol. The molecule has 1 aliphatic rings. The van der Waals surface area contributed by atoms with Crippen LogP contribution >= 0.6 is 0 Å². The van der Waals surface area contributed by atoms with Crippen molar-refractivity contribution in [2.45, 2.75) is 0 Å². The number of fused-ring (bicyclic) bond motifs is 2. The number of benzene rings is 2. The molecule has 3 heterocycles. The monoisotopic (exact) mass is 408 g/mol. The summed E-state index contributed by atoms with van der Waals surface area (Å²) in [5.41, 5.74) is 3.89. The van der Waals surface area contributed by atoms with Gasteiger partial charge in [-0.25, -0.2) is 9.78 Å². The molecule has 5 rings (SSSR count). The Morgan fingerprint density at radius 1 is 1.00 bits per heavy atom. The Hall–Kier alpha value is -4.52. The van der Waals surface area contributed by atoms with Gasteiger partial charge in [-0.3, -0.25) is 0 Å². The molecule has 0 saturated heterocycles. The smallest absolute Gasteiger partial charge is 0.335 e. The van der Waals surface area contributed by atoms with Crippen molar-refractivity contribution >= 4 is 40.5 Å². The van der Waals surface area contributed by atoms with Crippen molar-refractivity contribution in [3.05, 3.63) is 94.0 Å². The van der Waals surface area contributed by atoms with Gasteiger partial charge in [-0.05, 0) is 59.3 Å². The Bertz CT molecular complexity index is 1510. The van der Waals surface area contributed by atoms with Crippen LogP contribution in [0, 0.1) is 0 Å². The van der Waals surface area contributed by atoms with Crippen molar-refractivity contribution in [2.24, 2.45) is 10.2 Å². The van der Waals surface area contributed by atoms with E-state index in [0.29, 0.717) is 11.2 Å². The summed E-state index contributed by atoms with van der Waals surface area (Å²) in [6.07, 6.45) is 7.27. The molecule has 7 heteroatoms. The van der Waals surface area contributed by atoms with E-state index in [0.717, 1.165) is 32.8 Å². The van der Waals surface area contributed by atoms with Crippen LogP contribution in [0.15, 0.2) is 77.1 Å². The number of rotatable bonds is 4. The molecule has 7 nitrogen and oxygen atoms in total. The molecule has 0 atom stereocenters.